The highest BCUT2D eigenvalue weighted by molar-refractivity contribution is 7.84. The molecule has 0 saturated heterocycles. The van der Waals surface area contributed by atoms with Gasteiger partial charge in [0.15, 0.2) is 0 Å². The molecule has 0 radical (unpaired) electrons. The molecule has 3 nitrogen and oxygen atoms in total. The smallest absolute Gasteiger partial charge is 0.118 e. The SMILES string of the molecule is COc1ccc(CS(=O)CCC(C)N)cc1. The number of ether oxygens (including phenoxy) is 1. The van der Waals surface area contributed by atoms with Crippen LogP contribution in [0.2, 0.25) is 0 Å². The normalized spacial score (nSPS) is 14.4. The summed E-state index contributed by atoms with van der Waals surface area (Å²) >= 11 is 0. The first-order chi connectivity index (χ1) is 7.61. The van der Waals surface area contributed by atoms with Crippen molar-refractivity contribution in [2.75, 3.05) is 12.9 Å². The zero-order valence-corrected chi connectivity index (χ0v) is 10.6. The molecule has 0 fully saturated rings. The molecule has 0 aliphatic heterocycles. The standard InChI is InChI=1S/C12H19NO2S/c1-10(13)7-8-16(14)9-11-3-5-12(15-2)6-4-11/h3-6,10H,7-9,13H2,1-2H3. The van der Waals surface area contributed by atoms with Gasteiger partial charge in [-0.2, -0.15) is 0 Å². The highest BCUT2D eigenvalue weighted by Crippen LogP contribution is 2.12. The quantitative estimate of drug-likeness (QED) is 0.824. The maximum atomic E-state index is 11.7. The van der Waals surface area contributed by atoms with Gasteiger partial charge in [-0.15, -0.1) is 0 Å². The number of benzene rings is 1. The van der Waals surface area contributed by atoms with Crippen LogP contribution in [0.25, 0.3) is 0 Å². The Morgan fingerprint density at radius 1 is 1.38 bits per heavy atom. The number of hydrogen-bond donors (Lipinski definition) is 1. The molecule has 90 valence electrons. The molecule has 0 aromatic heterocycles. The Morgan fingerprint density at radius 3 is 2.50 bits per heavy atom. The predicted molar refractivity (Wildman–Crippen MR) is 68.0 cm³/mol. The fourth-order valence-corrected chi connectivity index (χ4v) is 2.64. The molecule has 0 aliphatic carbocycles. The Bertz CT molecular complexity index is 335. The first-order valence-corrected chi connectivity index (χ1v) is 6.84. The Labute approximate surface area is 99.4 Å². The summed E-state index contributed by atoms with van der Waals surface area (Å²) < 4.78 is 16.8. The van der Waals surface area contributed by atoms with Crippen LogP contribution in [0.5, 0.6) is 5.75 Å². The average molecular weight is 241 g/mol. The molecule has 0 aliphatic rings. The van der Waals surface area contributed by atoms with Crippen molar-refractivity contribution >= 4 is 10.8 Å². The van der Waals surface area contributed by atoms with E-state index in [0.717, 1.165) is 17.7 Å². The number of rotatable bonds is 6. The summed E-state index contributed by atoms with van der Waals surface area (Å²) in [7, 11) is 0.814. The van der Waals surface area contributed by atoms with Gasteiger partial charge in [0, 0.05) is 28.3 Å². The molecule has 0 spiro atoms. The lowest BCUT2D eigenvalue weighted by Gasteiger charge is -2.06. The molecule has 4 heteroatoms. The Balaban J connectivity index is 2.43. The summed E-state index contributed by atoms with van der Waals surface area (Å²) in [5.41, 5.74) is 6.69. The van der Waals surface area contributed by atoms with Crippen molar-refractivity contribution in [1.82, 2.24) is 0 Å². The van der Waals surface area contributed by atoms with Crippen LogP contribution >= 0.6 is 0 Å². The van der Waals surface area contributed by atoms with Gasteiger partial charge in [0.05, 0.1) is 7.11 Å². The van der Waals surface area contributed by atoms with E-state index in [-0.39, 0.29) is 6.04 Å². The van der Waals surface area contributed by atoms with Gasteiger partial charge in [0.2, 0.25) is 0 Å². The van der Waals surface area contributed by atoms with Gasteiger partial charge >= 0.3 is 0 Å². The van der Waals surface area contributed by atoms with Gasteiger partial charge in [0.25, 0.3) is 0 Å². The van der Waals surface area contributed by atoms with Crippen LogP contribution < -0.4 is 10.5 Å². The van der Waals surface area contributed by atoms with E-state index in [1.807, 2.05) is 31.2 Å². The molecule has 0 saturated carbocycles. The van der Waals surface area contributed by atoms with Gasteiger partial charge in [-0.3, -0.25) is 4.21 Å². The Morgan fingerprint density at radius 2 is 2.00 bits per heavy atom. The minimum absolute atomic E-state index is 0.125. The van der Waals surface area contributed by atoms with Crippen molar-refractivity contribution in [1.29, 1.82) is 0 Å². The predicted octanol–water partition coefficient (Wildman–Crippen LogP) is 1.68. The highest BCUT2D eigenvalue weighted by atomic mass is 32.2. The summed E-state index contributed by atoms with van der Waals surface area (Å²) in [5.74, 6) is 2.09. The molecule has 0 heterocycles. The summed E-state index contributed by atoms with van der Waals surface area (Å²) in [6.45, 7) is 1.94. The van der Waals surface area contributed by atoms with Crippen LogP contribution in [0.15, 0.2) is 24.3 Å². The van der Waals surface area contributed by atoms with E-state index < -0.39 is 10.8 Å². The lowest BCUT2D eigenvalue weighted by Crippen LogP contribution is -2.18. The highest BCUT2D eigenvalue weighted by Gasteiger charge is 2.03. The first-order valence-electron chi connectivity index (χ1n) is 5.35. The molecule has 1 rings (SSSR count). The van der Waals surface area contributed by atoms with Crippen LogP contribution in [0.1, 0.15) is 18.9 Å². The first kappa shape index (κ1) is 13.2. The molecule has 1 aromatic carbocycles. The second kappa shape index (κ2) is 6.66. The van der Waals surface area contributed by atoms with E-state index in [2.05, 4.69) is 0 Å². The molecule has 2 N–H and O–H groups in total. The van der Waals surface area contributed by atoms with Crippen molar-refractivity contribution in [3.8, 4) is 5.75 Å². The van der Waals surface area contributed by atoms with Crippen molar-refractivity contribution < 1.29 is 8.95 Å². The van der Waals surface area contributed by atoms with Crippen LogP contribution in [-0.4, -0.2) is 23.1 Å². The van der Waals surface area contributed by atoms with E-state index >= 15 is 0 Å². The van der Waals surface area contributed by atoms with Crippen LogP contribution in [-0.2, 0) is 16.6 Å². The minimum Gasteiger partial charge on any atom is -0.497 e. The zero-order chi connectivity index (χ0) is 12.0. The second-order valence-electron chi connectivity index (χ2n) is 3.90. The van der Waals surface area contributed by atoms with Crippen LogP contribution in [0, 0.1) is 0 Å². The summed E-state index contributed by atoms with van der Waals surface area (Å²) in [5, 5.41) is 0. The Kier molecular flexibility index (Phi) is 5.49. The topological polar surface area (TPSA) is 52.3 Å². The van der Waals surface area contributed by atoms with E-state index in [9.17, 15) is 4.21 Å². The molecular weight excluding hydrogens is 222 g/mol. The molecule has 16 heavy (non-hydrogen) atoms. The lowest BCUT2D eigenvalue weighted by atomic mass is 10.2. The van der Waals surface area contributed by atoms with Crippen LogP contribution in [0.4, 0.5) is 0 Å². The van der Waals surface area contributed by atoms with E-state index in [4.69, 9.17) is 10.5 Å². The van der Waals surface area contributed by atoms with Gasteiger partial charge < -0.3 is 10.5 Å². The third-order valence-electron chi connectivity index (χ3n) is 2.29. The van der Waals surface area contributed by atoms with E-state index in [1.165, 1.54) is 0 Å². The third kappa shape index (κ3) is 4.77. The van der Waals surface area contributed by atoms with Gasteiger partial charge in [-0.25, -0.2) is 0 Å². The fraction of sp³-hybridized carbons (Fsp3) is 0.500. The fourth-order valence-electron chi connectivity index (χ4n) is 1.30. The number of hydrogen-bond acceptors (Lipinski definition) is 3. The van der Waals surface area contributed by atoms with Crippen molar-refractivity contribution in [3.05, 3.63) is 29.8 Å². The van der Waals surface area contributed by atoms with Crippen molar-refractivity contribution in [3.63, 3.8) is 0 Å². The van der Waals surface area contributed by atoms with E-state index in [0.29, 0.717) is 11.5 Å². The van der Waals surface area contributed by atoms with Crippen LogP contribution in [0.3, 0.4) is 0 Å². The molecule has 2 unspecified atom stereocenters. The molecule has 0 amide bonds. The molecule has 2 atom stereocenters. The number of nitrogens with two attached hydrogens (primary N) is 1. The number of methoxy groups -OCH3 is 1. The van der Waals surface area contributed by atoms with Crippen molar-refractivity contribution in [2.24, 2.45) is 5.73 Å². The summed E-state index contributed by atoms with van der Waals surface area (Å²) in [6, 6.07) is 7.79. The monoisotopic (exact) mass is 241 g/mol. The third-order valence-corrected chi connectivity index (χ3v) is 3.63. The lowest BCUT2D eigenvalue weighted by molar-refractivity contribution is 0.414. The van der Waals surface area contributed by atoms with Crippen molar-refractivity contribution in [2.45, 2.75) is 25.1 Å². The molecular formula is C12H19NO2S. The van der Waals surface area contributed by atoms with Gasteiger partial charge in [-0.1, -0.05) is 12.1 Å². The Hall–Kier alpha value is -0.870. The summed E-state index contributed by atoms with van der Waals surface area (Å²) in [4.78, 5) is 0. The molecule has 1 aromatic rings. The second-order valence-corrected chi connectivity index (χ2v) is 5.48. The van der Waals surface area contributed by atoms with Gasteiger partial charge in [0.1, 0.15) is 5.75 Å². The maximum absolute atomic E-state index is 11.7. The average Bonchev–Trinajstić information content (AvgIpc) is 2.27. The van der Waals surface area contributed by atoms with E-state index in [1.54, 1.807) is 7.11 Å². The largest absolute Gasteiger partial charge is 0.497 e. The zero-order valence-electron chi connectivity index (χ0n) is 9.81. The minimum atomic E-state index is -0.821. The maximum Gasteiger partial charge on any atom is 0.118 e. The molecule has 0 bridgehead atoms. The van der Waals surface area contributed by atoms with Gasteiger partial charge in [-0.05, 0) is 31.0 Å². The summed E-state index contributed by atoms with van der Waals surface area (Å²) in [6.07, 6.45) is 0.808.